The van der Waals surface area contributed by atoms with Crippen LogP contribution < -0.4 is 0 Å². The molecule has 0 aromatic heterocycles. The Morgan fingerprint density at radius 1 is 1.05 bits per heavy atom. The number of benzene rings is 1. The Labute approximate surface area is 129 Å². The molecule has 2 atom stereocenters. The smallest absolute Gasteiger partial charge is 0.372 e. The molecule has 0 heterocycles. The van der Waals surface area contributed by atoms with Gasteiger partial charge in [0.15, 0.2) is 0 Å². The van der Waals surface area contributed by atoms with E-state index in [1.807, 2.05) is 12.1 Å². The highest BCUT2D eigenvalue weighted by atomic mass is 31.1. The van der Waals surface area contributed by atoms with Crippen molar-refractivity contribution < 1.29 is 14.4 Å². The van der Waals surface area contributed by atoms with Gasteiger partial charge in [-0.05, 0) is 23.0 Å². The van der Waals surface area contributed by atoms with Crippen molar-refractivity contribution in [2.24, 2.45) is 0 Å². The van der Waals surface area contributed by atoms with Gasteiger partial charge in [-0.3, -0.25) is 0 Å². The highest BCUT2D eigenvalue weighted by Gasteiger charge is 2.33. The minimum atomic E-state index is -1.50. The minimum Gasteiger partial charge on any atom is -0.507 e. The van der Waals surface area contributed by atoms with Crippen LogP contribution in [-0.4, -0.2) is 18.9 Å². The lowest BCUT2D eigenvalue weighted by atomic mass is 9.78. The lowest BCUT2D eigenvalue weighted by Gasteiger charge is -2.28. The van der Waals surface area contributed by atoms with E-state index in [9.17, 15) is 9.67 Å². The van der Waals surface area contributed by atoms with Gasteiger partial charge in [0.05, 0.1) is 0 Å². The first-order valence-corrected chi connectivity index (χ1v) is 8.97. The fourth-order valence-corrected chi connectivity index (χ4v) is 3.30. The van der Waals surface area contributed by atoms with Crippen LogP contribution in [0.2, 0.25) is 0 Å². The van der Waals surface area contributed by atoms with Gasteiger partial charge in [0, 0.05) is 23.8 Å². The number of hydrogen-bond acceptors (Lipinski definition) is 3. The molecule has 0 amide bonds. The van der Waals surface area contributed by atoms with Crippen LogP contribution in [0.25, 0.3) is 0 Å². The highest BCUT2D eigenvalue weighted by Crippen LogP contribution is 2.45. The van der Waals surface area contributed by atoms with Gasteiger partial charge in [-0.1, -0.05) is 46.1 Å². The van der Waals surface area contributed by atoms with Crippen molar-refractivity contribution in [3.05, 3.63) is 28.8 Å². The molecule has 0 aliphatic rings. The van der Waals surface area contributed by atoms with E-state index in [2.05, 4.69) is 41.5 Å². The summed E-state index contributed by atoms with van der Waals surface area (Å²) in [6, 6.07) is 3.85. The molecular formula is C17H28O3P+. The van der Waals surface area contributed by atoms with Crippen LogP contribution in [0.1, 0.15) is 64.1 Å². The van der Waals surface area contributed by atoms with Crippen LogP contribution in [0.4, 0.5) is 0 Å². The Morgan fingerprint density at radius 2 is 1.43 bits per heavy atom. The van der Waals surface area contributed by atoms with E-state index < -0.39 is 13.6 Å². The third kappa shape index (κ3) is 4.05. The molecule has 4 heteroatoms. The van der Waals surface area contributed by atoms with Crippen molar-refractivity contribution in [1.82, 2.24) is 0 Å². The van der Waals surface area contributed by atoms with Gasteiger partial charge in [-0.25, -0.2) is 0 Å². The monoisotopic (exact) mass is 311 g/mol. The van der Waals surface area contributed by atoms with Crippen molar-refractivity contribution in [1.29, 1.82) is 0 Å². The van der Waals surface area contributed by atoms with Crippen LogP contribution in [0.5, 0.6) is 5.75 Å². The van der Waals surface area contributed by atoms with E-state index in [-0.39, 0.29) is 10.8 Å². The van der Waals surface area contributed by atoms with Gasteiger partial charge in [0.1, 0.15) is 12.4 Å². The summed E-state index contributed by atoms with van der Waals surface area (Å²) < 4.78 is 17.4. The average molecular weight is 311 g/mol. The largest absolute Gasteiger partial charge is 0.507 e. The predicted octanol–water partition coefficient (Wildman–Crippen LogP) is 5.09. The summed E-state index contributed by atoms with van der Waals surface area (Å²) >= 11 is 0. The maximum atomic E-state index is 11.9. The lowest BCUT2D eigenvalue weighted by molar-refractivity contribution is 0.167. The molecule has 1 aromatic carbocycles. The molecule has 1 N–H and O–H groups in total. The maximum absolute atomic E-state index is 11.9. The van der Waals surface area contributed by atoms with E-state index in [0.29, 0.717) is 5.75 Å². The molecule has 0 saturated carbocycles. The molecule has 0 radical (unpaired) electrons. The summed E-state index contributed by atoms with van der Waals surface area (Å²) in [7, 11) is 0.0710. The number of hydrogen-bond donors (Lipinski definition) is 1. The van der Waals surface area contributed by atoms with Crippen molar-refractivity contribution >= 4 is 7.80 Å². The van der Waals surface area contributed by atoms with E-state index in [0.717, 1.165) is 16.7 Å². The van der Waals surface area contributed by atoms with Crippen LogP contribution in [0.3, 0.4) is 0 Å². The van der Waals surface area contributed by atoms with Crippen molar-refractivity contribution in [2.75, 3.05) is 13.8 Å². The first kappa shape index (κ1) is 18.1. The molecule has 3 nitrogen and oxygen atoms in total. The zero-order valence-corrected chi connectivity index (χ0v) is 15.3. The highest BCUT2D eigenvalue weighted by molar-refractivity contribution is 7.44. The summed E-state index contributed by atoms with van der Waals surface area (Å²) in [6.07, 6.45) is 0. The third-order valence-corrected chi connectivity index (χ3v) is 4.76. The standard InChI is InChI=1S/C17H27O3P/c1-16(2,3)12-9-11(15(20-7)21(8)19)10-13(14(12)18)17(4,5)6/h9-10,15H,1-8H3/p+1. The molecule has 0 bridgehead atoms. The molecule has 1 rings (SSSR count). The van der Waals surface area contributed by atoms with Crippen LogP contribution >= 0.6 is 7.80 Å². The summed E-state index contributed by atoms with van der Waals surface area (Å²) in [5, 5.41) is 10.7. The van der Waals surface area contributed by atoms with Crippen molar-refractivity contribution in [2.45, 2.75) is 58.2 Å². The first-order valence-electron chi connectivity index (χ1n) is 7.20. The summed E-state index contributed by atoms with van der Waals surface area (Å²) in [4.78, 5) is 0. The number of ether oxygens (including phenoxy) is 1. The van der Waals surface area contributed by atoms with Gasteiger partial charge in [0.25, 0.3) is 5.85 Å². The third-order valence-electron chi connectivity index (χ3n) is 3.59. The maximum Gasteiger partial charge on any atom is 0.372 e. The van der Waals surface area contributed by atoms with Crippen LogP contribution in [0, 0.1) is 0 Å². The summed E-state index contributed by atoms with van der Waals surface area (Å²) in [5.74, 6) is -0.109. The van der Waals surface area contributed by atoms with Crippen LogP contribution in [0.15, 0.2) is 12.1 Å². The molecule has 0 saturated heterocycles. The normalized spacial score (nSPS) is 15.0. The number of phenols is 1. The molecule has 21 heavy (non-hydrogen) atoms. The second-order valence-corrected chi connectivity index (χ2v) is 9.16. The fraction of sp³-hybridized carbons (Fsp3) is 0.647. The zero-order valence-electron chi connectivity index (χ0n) is 14.4. The Bertz CT molecular complexity index is 501. The zero-order chi connectivity index (χ0) is 16.6. The molecule has 118 valence electrons. The lowest BCUT2D eigenvalue weighted by Crippen LogP contribution is -2.18. The number of phenolic OH excluding ortho intramolecular Hbond substituents is 1. The summed E-state index contributed by atoms with van der Waals surface area (Å²) in [6.45, 7) is 14.0. The van der Waals surface area contributed by atoms with Gasteiger partial charge >= 0.3 is 7.80 Å². The molecule has 0 aliphatic heterocycles. The Balaban J connectivity index is 3.66. The van der Waals surface area contributed by atoms with Crippen molar-refractivity contribution in [3.63, 3.8) is 0 Å². The quantitative estimate of drug-likeness (QED) is 0.791. The molecule has 0 fully saturated rings. The topological polar surface area (TPSA) is 46.5 Å². The Hall–Kier alpha value is -0.920. The number of methoxy groups -OCH3 is 1. The van der Waals surface area contributed by atoms with E-state index in [1.54, 1.807) is 13.8 Å². The molecule has 2 unspecified atom stereocenters. The first-order chi connectivity index (χ1) is 9.39. The molecule has 0 spiro atoms. The van der Waals surface area contributed by atoms with E-state index >= 15 is 0 Å². The molecule has 0 aliphatic carbocycles. The van der Waals surface area contributed by atoms with Gasteiger partial charge in [-0.15, -0.1) is 0 Å². The Morgan fingerprint density at radius 3 is 1.67 bits per heavy atom. The van der Waals surface area contributed by atoms with Crippen molar-refractivity contribution in [3.8, 4) is 5.75 Å². The second-order valence-electron chi connectivity index (χ2n) is 7.60. The van der Waals surface area contributed by atoms with Gasteiger partial charge < -0.3 is 9.84 Å². The van der Waals surface area contributed by atoms with E-state index in [1.165, 1.54) is 0 Å². The SMILES string of the molecule is COC(c1cc(C(C)(C)C)c(O)c(C(C)(C)C)c1)[P+](C)=O. The molecular weight excluding hydrogens is 283 g/mol. The van der Waals surface area contributed by atoms with Gasteiger partial charge in [-0.2, -0.15) is 0 Å². The Kier molecular flexibility index (Phi) is 5.23. The van der Waals surface area contributed by atoms with E-state index in [4.69, 9.17) is 4.74 Å². The minimum absolute atomic E-state index is 0.197. The fourth-order valence-electron chi connectivity index (χ4n) is 2.44. The van der Waals surface area contributed by atoms with Crippen LogP contribution in [-0.2, 0) is 20.1 Å². The molecule has 1 aromatic rings. The predicted molar refractivity (Wildman–Crippen MR) is 88.8 cm³/mol. The number of aromatic hydroxyl groups is 1. The van der Waals surface area contributed by atoms with Gasteiger partial charge in [0.2, 0.25) is 0 Å². The number of rotatable bonds is 3. The summed E-state index contributed by atoms with van der Waals surface area (Å²) in [5.41, 5.74) is 2.21. The average Bonchev–Trinajstić information content (AvgIpc) is 2.28. The second kappa shape index (κ2) is 6.06.